The summed E-state index contributed by atoms with van der Waals surface area (Å²) in [7, 11) is -4.11. The number of nitrogens with one attached hydrogen (secondary N) is 2. The van der Waals surface area contributed by atoms with Crippen molar-refractivity contribution in [2.45, 2.75) is 20.0 Å². The van der Waals surface area contributed by atoms with Crippen molar-refractivity contribution in [3.63, 3.8) is 0 Å². The number of anilines is 1. The zero-order chi connectivity index (χ0) is 15.9. The van der Waals surface area contributed by atoms with Crippen molar-refractivity contribution in [3.8, 4) is 5.75 Å². The number of para-hydroxylation sites is 2. The van der Waals surface area contributed by atoms with Crippen LogP contribution in [0.25, 0.3) is 0 Å². The molecule has 0 aromatic heterocycles. The van der Waals surface area contributed by atoms with E-state index in [0.29, 0.717) is 12.3 Å². The molecule has 0 aliphatic rings. The van der Waals surface area contributed by atoms with Gasteiger partial charge in [0.2, 0.25) is 0 Å². The van der Waals surface area contributed by atoms with Crippen molar-refractivity contribution >= 4 is 22.0 Å². The molecule has 0 saturated heterocycles. The molecule has 1 amide bonds. The van der Waals surface area contributed by atoms with E-state index in [1.54, 1.807) is 36.8 Å². The molecule has 118 valence electrons. The number of carbonyl (C=O) groups is 1. The second-order valence-electron chi connectivity index (χ2n) is 4.29. The van der Waals surface area contributed by atoms with E-state index in [9.17, 15) is 13.2 Å². The van der Waals surface area contributed by atoms with Gasteiger partial charge in [-0.3, -0.25) is 4.72 Å². The van der Waals surface area contributed by atoms with Gasteiger partial charge in [0.1, 0.15) is 12.4 Å². The monoisotopic (exact) mass is 317 g/mol. The molecule has 0 spiro atoms. The largest absolute Gasteiger partial charge is 0.490 e. The molecule has 1 aromatic carbocycles. The quantitative estimate of drug-likeness (QED) is 0.684. The summed E-state index contributed by atoms with van der Waals surface area (Å²) in [5, 5.41) is 0. The minimum absolute atomic E-state index is 0.191. The predicted molar refractivity (Wildman–Crippen MR) is 78.3 cm³/mol. The lowest BCUT2D eigenvalue weighted by atomic mass is 10.3. The molecule has 0 aliphatic carbocycles. The Bertz CT molecular complexity index is 574. The number of amides is 1. The summed E-state index contributed by atoms with van der Waals surface area (Å²) in [6.07, 6.45) is -1.49. The highest BCUT2D eigenvalue weighted by molar-refractivity contribution is 7.91. The Morgan fingerprint density at radius 3 is 2.62 bits per heavy atom. The molecule has 0 unspecified atom stereocenters. The van der Waals surface area contributed by atoms with E-state index in [0.717, 1.165) is 0 Å². The first-order valence-corrected chi connectivity index (χ1v) is 7.75. The summed E-state index contributed by atoms with van der Waals surface area (Å²) < 4.78 is 37.6. The lowest BCUT2D eigenvalue weighted by molar-refractivity contribution is 0.121. The summed E-state index contributed by atoms with van der Waals surface area (Å²) in [5.74, 6) is 0.311. The van der Waals surface area contributed by atoms with Crippen LogP contribution >= 0.6 is 0 Å². The highest BCUT2D eigenvalue weighted by Gasteiger charge is 2.18. The molecule has 0 bridgehead atoms. The third kappa shape index (κ3) is 6.32. The number of ether oxygens (including phenoxy) is 2. The van der Waals surface area contributed by atoms with E-state index in [4.69, 9.17) is 15.2 Å². The average Bonchev–Trinajstić information content (AvgIpc) is 2.35. The molecule has 9 heteroatoms. The van der Waals surface area contributed by atoms with E-state index in [1.165, 1.54) is 6.07 Å². The van der Waals surface area contributed by atoms with Gasteiger partial charge in [-0.1, -0.05) is 12.1 Å². The molecule has 21 heavy (non-hydrogen) atoms. The van der Waals surface area contributed by atoms with Crippen molar-refractivity contribution in [1.29, 1.82) is 0 Å². The number of nitrogens with two attached hydrogens (primary N) is 1. The molecule has 4 N–H and O–H groups in total. The van der Waals surface area contributed by atoms with Crippen LogP contribution in [0.15, 0.2) is 24.3 Å². The van der Waals surface area contributed by atoms with Gasteiger partial charge in [0.05, 0.1) is 11.8 Å². The second kappa shape index (κ2) is 7.70. The van der Waals surface area contributed by atoms with Crippen LogP contribution in [-0.4, -0.2) is 33.8 Å². The standard InChI is InChI=1S/C12H19N3O5S/c1-9(2)20-12(16)15-21(17,18)14-10-5-3-4-6-11(10)19-8-7-13/h3-6,9,14H,7-8,13H2,1-2H3,(H,15,16). The topological polar surface area (TPSA) is 120 Å². The third-order valence-electron chi connectivity index (χ3n) is 2.07. The molecule has 0 aliphatic heterocycles. The predicted octanol–water partition coefficient (Wildman–Crippen LogP) is 0.815. The first kappa shape index (κ1) is 17.1. The van der Waals surface area contributed by atoms with E-state index in [-0.39, 0.29) is 12.3 Å². The molecule has 0 fully saturated rings. The van der Waals surface area contributed by atoms with Gasteiger partial charge in [-0.05, 0) is 26.0 Å². The van der Waals surface area contributed by atoms with Gasteiger partial charge in [0.15, 0.2) is 0 Å². The highest BCUT2D eigenvalue weighted by atomic mass is 32.2. The van der Waals surface area contributed by atoms with E-state index in [2.05, 4.69) is 4.72 Å². The summed E-state index contributed by atoms with van der Waals surface area (Å²) in [4.78, 5) is 11.3. The average molecular weight is 317 g/mol. The Morgan fingerprint density at radius 1 is 1.33 bits per heavy atom. The molecule has 0 heterocycles. The maximum atomic E-state index is 11.8. The van der Waals surface area contributed by atoms with Gasteiger partial charge in [-0.15, -0.1) is 0 Å². The van der Waals surface area contributed by atoms with Gasteiger partial charge in [0, 0.05) is 6.54 Å². The minimum atomic E-state index is -4.11. The SMILES string of the molecule is CC(C)OC(=O)NS(=O)(=O)Nc1ccccc1OCCN. The van der Waals surface area contributed by atoms with Gasteiger partial charge >= 0.3 is 16.3 Å². The van der Waals surface area contributed by atoms with Gasteiger partial charge < -0.3 is 15.2 Å². The summed E-state index contributed by atoms with van der Waals surface area (Å²) in [6.45, 7) is 3.74. The number of hydrogen-bond acceptors (Lipinski definition) is 6. The van der Waals surface area contributed by atoms with Crippen LogP contribution < -0.4 is 19.9 Å². The van der Waals surface area contributed by atoms with Crippen LogP contribution in [0.1, 0.15) is 13.8 Å². The van der Waals surface area contributed by atoms with Crippen molar-refractivity contribution in [2.75, 3.05) is 17.9 Å². The molecule has 1 rings (SSSR count). The zero-order valence-corrected chi connectivity index (χ0v) is 12.6. The lowest BCUT2D eigenvalue weighted by Crippen LogP contribution is -2.36. The fourth-order valence-electron chi connectivity index (χ4n) is 1.36. The number of carbonyl (C=O) groups excluding carboxylic acids is 1. The van der Waals surface area contributed by atoms with Crippen LogP contribution in [0.2, 0.25) is 0 Å². The third-order valence-corrected chi connectivity index (χ3v) is 2.99. The Morgan fingerprint density at radius 2 is 2.00 bits per heavy atom. The second-order valence-corrected chi connectivity index (χ2v) is 5.71. The molecule has 0 radical (unpaired) electrons. The summed E-state index contributed by atoms with van der Waals surface area (Å²) in [5.41, 5.74) is 5.52. The normalized spacial score (nSPS) is 11.0. The van der Waals surface area contributed by atoms with Crippen molar-refractivity contribution in [3.05, 3.63) is 24.3 Å². The Balaban J connectivity index is 2.77. The maximum Gasteiger partial charge on any atom is 0.422 e. The minimum Gasteiger partial charge on any atom is -0.490 e. The zero-order valence-electron chi connectivity index (χ0n) is 11.8. The first-order valence-electron chi connectivity index (χ1n) is 6.27. The molecule has 1 aromatic rings. The van der Waals surface area contributed by atoms with E-state index < -0.39 is 22.4 Å². The number of hydrogen-bond donors (Lipinski definition) is 3. The first-order chi connectivity index (χ1) is 9.84. The molecular weight excluding hydrogens is 298 g/mol. The fourth-order valence-corrected chi connectivity index (χ4v) is 2.14. The lowest BCUT2D eigenvalue weighted by Gasteiger charge is -2.14. The molecule has 0 atom stereocenters. The Kier molecular flexibility index (Phi) is 6.25. The van der Waals surface area contributed by atoms with Gasteiger partial charge in [-0.25, -0.2) is 9.52 Å². The maximum absolute atomic E-state index is 11.8. The van der Waals surface area contributed by atoms with Gasteiger partial charge in [-0.2, -0.15) is 8.42 Å². The smallest absolute Gasteiger partial charge is 0.422 e. The Hall–Kier alpha value is -2.00. The van der Waals surface area contributed by atoms with Crippen molar-refractivity contribution in [1.82, 2.24) is 4.72 Å². The van der Waals surface area contributed by atoms with Gasteiger partial charge in [0.25, 0.3) is 0 Å². The van der Waals surface area contributed by atoms with Crippen LogP contribution in [0.3, 0.4) is 0 Å². The van der Waals surface area contributed by atoms with Crippen molar-refractivity contribution in [2.24, 2.45) is 5.73 Å². The van der Waals surface area contributed by atoms with Crippen LogP contribution in [0.5, 0.6) is 5.75 Å². The Labute approximate surface area is 123 Å². The number of rotatable bonds is 7. The van der Waals surface area contributed by atoms with E-state index >= 15 is 0 Å². The number of benzene rings is 1. The molecular formula is C12H19N3O5S. The summed E-state index contributed by atoms with van der Waals surface area (Å²) >= 11 is 0. The van der Waals surface area contributed by atoms with Crippen molar-refractivity contribution < 1.29 is 22.7 Å². The summed E-state index contributed by atoms with van der Waals surface area (Å²) in [6, 6.07) is 6.39. The fraction of sp³-hybridized carbons (Fsp3) is 0.417. The van der Waals surface area contributed by atoms with Crippen LogP contribution in [-0.2, 0) is 14.9 Å². The molecule has 0 saturated carbocycles. The highest BCUT2D eigenvalue weighted by Crippen LogP contribution is 2.24. The van der Waals surface area contributed by atoms with E-state index in [1.807, 2.05) is 0 Å². The van der Waals surface area contributed by atoms with Crippen LogP contribution in [0, 0.1) is 0 Å². The molecule has 8 nitrogen and oxygen atoms in total. The van der Waals surface area contributed by atoms with Crippen LogP contribution in [0.4, 0.5) is 10.5 Å².